The molecule has 1 rings (SSSR count). The molecule has 36 heavy (non-hydrogen) atoms. The highest BCUT2D eigenvalue weighted by molar-refractivity contribution is 5.87. The molecule has 0 saturated carbocycles. The Morgan fingerprint density at radius 3 is 1.50 bits per heavy atom. The molecule has 1 N–H and O–H groups in total. The maximum atomic E-state index is 11.8. The molecule has 0 aliphatic carbocycles. The maximum absolute atomic E-state index is 11.8. The molecule has 0 spiro atoms. The second kappa shape index (κ2) is 21.3. The number of carboxylic acids is 1. The van der Waals surface area contributed by atoms with Gasteiger partial charge in [-0.25, -0.2) is 4.79 Å². The van der Waals surface area contributed by atoms with Crippen LogP contribution in [0.3, 0.4) is 0 Å². The van der Waals surface area contributed by atoms with Crippen molar-refractivity contribution in [3.8, 4) is 0 Å². The average Bonchev–Trinajstić information content (AvgIpc) is 3.22. The Kier molecular flexibility index (Phi) is 19.0. The summed E-state index contributed by atoms with van der Waals surface area (Å²) >= 11 is 0. The Balaban J connectivity index is 2.43. The number of unbranched alkanes of at least 4 members (excludes halogenated alkanes) is 19. The van der Waals surface area contributed by atoms with Crippen LogP contribution < -0.4 is 0 Å². The van der Waals surface area contributed by atoms with E-state index in [-0.39, 0.29) is 11.4 Å². The lowest BCUT2D eigenvalue weighted by Crippen LogP contribution is -2.12. The molecule has 0 fully saturated rings. The summed E-state index contributed by atoms with van der Waals surface area (Å²) in [6, 6.07) is 1.27. The van der Waals surface area contributed by atoms with Gasteiger partial charge in [-0.3, -0.25) is 10.1 Å². The van der Waals surface area contributed by atoms with Gasteiger partial charge in [0.2, 0.25) is 0 Å². The summed E-state index contributed by atoms with van der Waals surface area (Å²) in [5, 5.41) is 21.3. The van der Waals surface area contributed by atoms with Gasteiger partial charge in [-0.05, 0) is 19.3 Å². The summed E-state index contributed by atoms with van der Waals surface area (Å²) in [5.41, 5.74) is 0.645. The number of hydrogen-bond acceptors (Lipinski definition) is 3. The quantitative estimate of drug-likeness (QED) is 0.0812. The molecular formula is C30H54N2O4. The predicted octanol–water partition coefficient (Wildman–Crippen LogP) is 9.87. The number of hydrogen-bond donors (Lipinski definition) is 1. The number of nitrogens with zero attached hydrogens (tertiary/aromatic N) is 2. The minimum atomic E-state index is -1.07. The first-order valence-electron chi connectivity index (χ1n) is 15.1. The van der Waals surface area contributed by atoms with Crippen molar-refractivity contribution < 1.29 is 14.8 Å². The van der Waals surface area contributed by atoms with Crippen LogP contribution in [0.2, 0.25) is 0 Å². The van der Waals surface area contributed by atoms with Crippen molar-refractivity contribution in [2.75, 3.05) is 0 Å². The second-order valence-corrected chi connectivity index (χ2v) is 10.5. The highest BCUT2D eigenvalue weighted by Gasteiger charge is 2.26. The smallest absolute Gasteiger partial charge is 0.352 e. The van der Waals surface area contributed by atoms with E-state index in [2.05, 4.69) is 13.8 Å². The molecule has 0 radical (unpaired) electrons. The molecule has 0 aliphatic heterocycles. The molecular weight excluding hydrogens is 452 g/mol. The molecule has 1 aromatic heterocycles. The molecule has 0 aromatic carbocycles. The monoisotopic (exact) mass is 506 g/mol. The standard InChI is InChI=1S/C30H54N2O4/c1-3-5-7-9-11-13-15-16-18-20-22-24-27-28(32(35)36)26-29(30(33)34)31(27)25-23-21-19-17-14-12-10-8-6-4-2/h26H,3-25H2,1-2H3,(H,33,34). The number of aromatic nitrogens is 1. The molecule has 0 amide bonds. The number of carboxylic acid groups (broad SMARTS) is 1. The molecule has 0 unspecified atom stereocenters. The van der Waals surface area contributed by atoms with Crippen LogP contribution in [0.5, 0.6) is 0 Å². The molecule has 0 atom stereocenters. The summed E-state index contributed by atoms with van der Waals surface area (Å²) < 4.78 is 1.72. The molecule has 208 valence electrons. The SMILES string of the molecule is CCCCCCCCCCCCCc1c([N+](=O)[O-])cc(C(=O)O)n1CCCCCCCCCCCC. The lowest BCUT2D eigenvalue weighted by Gasteiger charge is -2.11. The van der Waals surface area contributed by atoms with Gasteiger partial charge in [-0.15, -0.1) is 0 Å². The van der Waals surface area contributed by atoms with Crippen molar-refractivity contribution in [1.29, 1.82) is 0 Å². The van der Waals surface area contributed by atoms with Crippen LogP contribution in [0.15, 0.2) is 6.07 Å². The summed E-state index contributed by atoms with van der Waals surface area (Å²) in [7, 11) is 0. The number of aromatic carboxylic acids is 1. The van der Waals surface area contributed by atoms with Gasteiger partial charge in [0.05, 0.1) is 10.6 Å². The largest absolute Gasteiger partial charge is 0.477 e. The van der Waals surface area contributed by atoms with Crippen molar-refractivity contribution in [3.05, 3.63) is 27.6 Å². The van der Waals surface area contributed by atoms with Crippen LogP contribution in [0.25, 0.3) is 0 Å². The molecule has 0 aliphatic rings. The van der Waals surface area contributed by atoms with Gasteiger partial charge in [0.1, 0.15) is 5.69 Å². The Hall–Kier alpha value is -1.85. The zero-order chi connectivity index (χ0) is 26.4. The van der Waals surface area contributed by atoms with Crippen LogP contribution in [-0.4, -0.2) is 20.6 Å². The van der Waals surface area contributed by atoms with Crippen LogP contribution in [0.4, 0.5) is 5.69 Å². The fraction of sp³-hybridized carbons (Fsp3) is 0.833. The first-order valence-corrected chi connectivity index (χ1v) is 15.1. The van der Waals surface area contributed by atoms with Crippen LogP contribution in [0.1, 0.15) is 165 Å². The molecule has 6 nitrogen and oxygen atoms in total. The third-order valence-electron chi connectivity index (χ3n) is 7.35. The van der Waals surface area contributed by atoms with E-state index in [1.54, 1.807) is 4.57 Å². The van der Waals surface area contributed by atoms with Gasteiger partial charge in [-0.2, -0.15) is 0 Å². The summed E-state index contributed by atoms with van der Waals surface area (Å²) in [6.45, 7) is 5.03. The minimum absolute atomic E-state index is 0.0217. The van der Waals surface area contributed by atoms with Crippen molar-refractivity contribution in [1.82, 2.24) is 4.57 Å². The summed E-state index contributed by atoms with van der Waals surface area (Å²) in [4.78, 5) is 23.1. The van der Waals surface area contributed by atoms with E-state index in [1.807, 2.05) is 0 Å². The van der Waals surface area contributed by atoms with E-state index in [9.17, 15) is 20.0 Å². The van der Waals surface area contributed by atoms with Crippen molar-refractivity contribution >= 4 is 11.7 Å². The Morgan fingerprint density at radius 1 is 0.722 bits per heavy atom. The second-order valence-electron chi connectivity index (χ2n) is 10.5. The van der Waals surface area contributed by atoms with E-state index >= 15 is 0 Å². The third-order valence-corrected chi connectivity index (χ3v) is 7.35. The highest BCUT2D eigenvalue weighted by Crippen LogP contribution is 2.27. The Morgan fingerprint density at radius 2 is 1.11 bits per heavy atom. The average molecular weight is 507 g/mol. The zero-order valence-corrected chi connectivity index (χ0v) is 23.4. The number of carbonyl (C=O) groups is 1. The van der Waals surface area contributed by atoms with Gasteiger partial charge in [0.15, 0.2) is 0 Å². The molecule has 0 bridgehead atoms. The first-order chi connectivity index (χ1) is 17.5. The van der Waals surface area contributed by atoms with E-state index in [0.717, 1.165) is 38.5 Å². The summed E-state index contributed by atoms with van der Waals surface area (Å²) in [5.74, 6) is -1.07. The highest BCUT2D eigenvalue weighted by atomic mass is 16.6. The normalized spacial score (nSPS) is 11.3. The van der Waals surface area contributed by atoms with E-state index in [0.29, 0.717) is 18.7 Å². The topological polar surface area (TPSA) is 85.4 Å². The maximum Gasteiger partial charge on any atom is 0.352 e. The predicted molar refractivity (Wildman–Crippen MR) is 150 cm³/mol. The summed E-state index contributed by atoms with van der Waals surface area (Å²) in [6.07, 6.45) is 26.2. The molecule has 0 saturated heterocycles. The van der Waals surface area contributed by atoms with Crippen molar-refractivity contribution in [3.63, 3.8) is 0 Å². The molecule has 1 heterocycles. The zero-order valence-electron chi connectivity index (χ0n) is 23.4. The number of nitro groups is 1. The molecule has 6 heteroatoms. The lowest BCUT2D eigenvalue weighted by atomic mass is 10.0. The molecule has 1 aromatic rings. The fourth-order valence-electron chi connectivity index (χ4n) is 5.14. The van der Waals surface area contributed by atoms with E-state index in [4.69, 9.17) is 0 Å². The fourth-order valence-corrected chi connectivity index (χ4v) is 5.14. The van der Waals surface area contributed by atoms with Crippen molar-refractivity contribution in [2.24, 2.45) is 0 Å². The Labute approximate surface area is 220 Å². The van der Waals surface area contributed by atoms with E-state index < -0.39 is 10.9 Å². The van der Waals surface area contributed by atoms with Gasteiger partial charge in [-0.1, -0.05) is 136 Å². The Bertz CT molecular complexity index is 714. The van der Waals surface area contributed by atoms with Crippen LogP contribution in [-0.2, 0) is 13.0 Å². The van der Waals surface area contributed by atoms with Gasteiger partial charge < -0.3 is 9.67 Å². The van der Waals surface area contributed by atoms with E-state index in [1.165, 1.54) is 102 Å². The van der Waals surface area contributed by atoms with Gasteiger partial charge in [0, 0.05) is 12.6 Å². The third kappa shape index (κ3) is 14.0. The lowest BCUT2D eigenvalue weighted by molar-refractivity contribution is -0.385. The number of rotatable bonds is 25. The van der Waals surface area contributed by atoms with Crippen molar-refractivity contribution in [2.45, 2.75) is 162 Å². The minimum Gasteiger partial charge on any atom is -0.477 e. The van der Waals surface area contributed by atoms with Crippen LogP contribution >= 0.6 is 0 Å². The first kappa shape index (κ1) is 32.2. The van der Waals surface area contributed by atoms with Crippen LogP contribution in [0, 0.1) is 10.1 Å². The van der Waals surface area contributed by atoms with Gasteiger partial charge >= 0.3 is 5.97 Å². The van der Waals surface area contributed by atoms with Gasteiger partial charge in [0.25, 0.3) is 5.69 Å².